The minimum Gasteiger partial charge on any atom is -0.870 e. The van der Waals surface area contributed by atoms with Crippen LogP contribution in [0.5, 0.6) is 11.5 Å². The van der Waals surface area contributed by atoms with Crippen LogP contribution in [0.15, 0.2) is 48.5 Å². The molecule has 220 valence electrons. The topological polar surface area (TPSA) is 138 Å². The molecule has 2 aromatic carbocycles. The average molecular weight is 623 g/mol. The average Bonchev–Trinajstić information content (AvgIpc) is 3.60. The second-order valence-corrected chi connectivity index (χ2v) is 9.55. The largest absolute Gasteiger partial charge is 1.00 e. The Morgan fingerprint density at radius 3 is 1.48 bits per heavy atom. The number of carbonyl (C=O) groups is 2. The van der Waals surface area contributed by atoms with E-state index in [0.717, 1.165) is 22.7 Å². The molecule has 2 aromatic heterocycles. The first-order valence-electron chi connectivity index (χ1n) is 11.4. The van der Waals surface area contributed by atoms with Gasteiger partial charge >= 0.3 is 30.8 Å². The van der Waals surface area contributed by atoms with Crippen LogP contribution in [0.1, 0.15) is 50.5 Å². The molecule has 0 amide bonds. The fourth-order valence-electron chi connectivity index (χ4n) is 3.17. The summed E-state index contributed by atoms with van der Waals surface area (Å²) in [5.41, 5.74) is -0.0222. The van der Waals surface area contributed by atoms with Gasteiger partial charge in [0.15, 0.2) is 0 Å². The van der Waals surface area contributed by atoms with Crippen molar-refractivity contribution in [2.45, 2.75) is 19.8 Å². The second-order valence-electron chi connectivity index (χ2n) is 7.55. The van der Waals surface area contributed by atoms with E-state index < -0.39 is 41.1 Å². The molecule has 0 aliphatic rings. The number of carboxylic acids is 1. The summed E-state index contributed by atoms with van der Waals surface area (Å²) in [6, 6.07) is 13.4. The number of thiazole rings is 2. The molecule has 4 rings (SSSR count). The Labute approximate surface area is 257 Å². The van der Waals surface area contributed by atoms with E-state index in [1.807, 2.05) is 0 Å². The molecule has 4 aromatic rings. The number of aromatic carboxylic acids is 1. The van der Waals surface area contributed by atoms with E-state index in [4.69, 9.17) is 19.3 Å². The minimum absolute atomic E-state index is 0. The summed E-state index contributed by atoms with van der Waals surface area (Å²) in [5, 5.41) is 9.46. The maximum absolute atomic E-state index is 13.0. The molecule has 9 nitrogen and oxygen atoms in total. The first-order valence-corrected chi connectivity index (χ1v) is 13.0. The first-order chi connectivity index (χ1) is 19.1. The van der Waals surface area contributed by atoms with Gasteiger partial charge in [-0.25, -0.2) is 37.1 Å². The Balaban J connectivity index is 0.000000403. The third-order valence-corrected chi connectivity index (χ3v) is 7.26. The second kappa shape index (κ2) is 16.8. The van der Waals surface area contributed by atoms with Crippen LogP contribution < -0.4 is 28.3 Å². The zero-order valence-electron chi connectivity index (χ0n) is 22.6. The number of benzene rings is 2. The van der Waals surface area contributed by atoms with E-state index >= 15 is 0 Å². The molecule has 0 saturated heterocycles. The number of carboxylic acid groups (broad SMARTS) is 1. The van der Waals surface area contributed by atoms with Crippen molar-refractivity contribution < 1.29 is 70.8 Å². The van der Waals surface area contributed by atoms with Crippen LogP contribution in [0.3, 0.4) is 0 Å². The van der Waals surface area contributed by atoms with Crippen molar-refractivity contribution in [3.8, 4) is 32.6 Å². The summed E-state index contributed by atoms with van der Waals surface area (Å²) in [4.78, 5) is 29.6. The van der Waals surface area contributed by atoms with Crippen molar-refractivity contribution in [3.63, 3.8) is 0 Å². The van der Waals surface area contributed by atoms with Gasteiger partial charge < -0.3 is 24.8 Å². The van der Waals surface area contributed by atoms with Gasteiger partial charge in [-0.3, -0.25) is 0 Å². The predicted molar refractivity (Wildman–Crippen MR) is 143 cm³/mol. The van der Waals surface area contributed by atoms with E-state index in [9.17, 15) is 27.2 Å². The van der Waals surface area contributed by atoms with Gasteiger partial charge in [-0.15, -0.1) is 22.7 Å². The SMILES string of the molecule is CCOC(=O)c1sc(-c2ccc(OC)cc2)nc1C(F)F.COc1ccc(-c2nc(C(F)F)c(C(=O)O)s2)cc1.[Li+].[OH-]. The Hall–Kier alpha value is -3.48. The molecular weight excluding hydrogens is 599 g/mol. The Kier molecular flexibility index (Phi) is 14.6. The summed E-state index contributed by atoms with van der Waals surface area (Å²) in [7, 11) is 3.04. The number of methoxy groups -OCH3 is 2. The zero-order valence-corrected chi connectivity index (χ0v) is 24.3. The molecule has 0 spiro atoms. The summed E-state index contributed by atoms with van der Waals surface area (Å²) in [6.07, 6.45) is -5.73. The number of esters is 1. The van der Waals surface area contributed by atoms with Crippen LogP contribution in [0, 0.1) is 0 Å². The van der Waals surface area contributed by atoms with Gasteiger partial charge in [0.05, 0.1) is 20.8 Å². The van der Waals surface area contributed by atoms with Gasteiger partial charge in [0.2, 0.25) is 0 Å². The van der Waals surface area contributed by atoms with Gasteiger partial charge in [-0.05, 0) is 55.5 Å². The third kappa shape index (κ3) is 9.01. The summed E-state index contributed by atoms with van der Waals surface area (Å²) >= 11 is 1.63. The molecule has 0 bridgehead atoms. The van der Waals surface area contributed by atoms with Crippen molar-refractivity contribution in [1.82, 2.24) is 9.97 Å². The normalized spacial score (nSPS) is 10.2. The van der Waals surface area contributed by atoms with Crippen molar-refractivity contribution >= 4 is 34.6 Å². The monoisotopic (exact) mass is 622 g/mol. The van der Waals surface area contributed by atoms with Gasteiger partial charge in [0, 0.05) is 11.1 Å². The molecule has 0 atom stereocenters. The van der Waals surface area contributed by atoms with E-state index in [0.29, 0.717) is 27.6 Å². The molecular formula is C26H23F4LiN2O7S2. The van der Waals surface area contributed by atoms with Gasteiger partial charge in [-0.2, -0.15) is 0 Å². The number of hydrogen-bond acceptors (Lipinski definition) is 10. The molecule has 16 heteroatoms. The van der Waals surface area contributed by atoms with Crippen molar-refractivity contribution in [1.29, 1.82) is 0 Å². The number of halogens is 4. The van der Waals surface area contributed by atoms with Crippen LogP contribution >= 0.6 is 22.7 Å². The number of carbonyl (C=O) groups excluding carboxylic acids is 1. The molecule has 0 fully saturated rings. The minimum atomic E-state index is -2.91. The number of aromatic nitrogens is 2. The summed E-state index contributed by atoms with van der Waals surface area (Å²) in [5.74, 6) is -0.902. The first kappa shape index (κ1) is 36.5. The molecule has 0 saturated carbocycles. The fraction of sp³-hybridized carbons (Fsp3) is 0.231. The smallest absolute Gasteiger partial charge is 0.870 e. The molecule has 0 aliphatic heterocycles. The number of ether oxygens (including phenoxy) is 3. The van der Waals surface area contributed by atoms with Crippen LogP contribution in [0.25, 0.3) is 21.1 Å². The quantitative estimate of drug-likeness (QED) is 0.165. The molecule has 0 radical (unpaired) electrons. The van der Waals surface area contributed by atoms with Crippen LogP contribution in [-0.4, -0.2) is 53.3 Å². The van der Waals surface area contributed by atoms with Gasteiger partial charge in [0.25, 0.3) is 12.9 Å². The van der Waals surface area contributed by atoms with E-state index in [1.54, 1.807) is 55.5 Å². The Morgan fingerprint density at radius 2 is 1.17 bits per heavy atom. The molecule has 0 aliphatic carbocycles. The van der Waals surface area contributed by atoms with E-state index in [1.165, 1.54) is 14.2 Å². The fourth-order valence-corrected chi connectivity index (χ4v) is 5.06. The Bertz CT molecular complexity index is 1450. The predicted octanol–water partition coefficient (Wildman–Crippen LogP) is 4.21. The maximum atomic E-state index is 13.0. The van der Waals surface area contributed by atoms with Crippen LogP contribution in [-0.2, 0) is 4.74 Å². The number of hydrogen-bond donors (Lipinski definition) is 1. The summed E-state index contributed by atoms with van der Waals surface area (Å²) in [6.45, 7) is 1.74. The van der Waals surface area contributed by atoms with E-state index in [-0.39, 0.29) is 40.8 Å². The van der Waals surface area contributed by atoms with Crippen molar-refractivity contribution in [2.75, 3.05) is 20.8 Å². The molecule has 2 heterocycles. The zero-order chi connectivity index (χ0) is 29.4. The molecule has 2 N–H and O–H groups in total. The van der Waals surface area contributed by atoms with Crippen LogP contribution in [0.4, 0.5) is 17.6 Å². The van der Waals surface area contributed by atoms with Gasteiger partial charge in [-0.1, -0.05) is 0 Å². The maximum Gasteiger partial charge on any atom is 1.00 e. The summed E-state index contributed by atoms with van der Waals surface area (Å²) < 4.78 is 66.2. The number of alkyl halides is 4. The Morgan fingerprint density at radius 1 is 0.786 bits per heavy atom. The molecule has 42 heavy (non-hydrogen) atoms. The van der Waals surface area contributed by atoms with Crippen molar-refractivity contribution in [2.24, 2.45) is 0 Å². The number of nitrogens with zero attached hydrogens (tertiary/aromatic N) is 2. The standard InChI is InChI=1S/C14H13F2NO3S.C12H9F2NO3S.Li.H2O/c1-3-20-14(18)11-10(12(15)16)17-13(21-11)8-4-6-9(19-2)7-5-8;1-18-7-4-2-6(3-5-7)11-15-8(10(13)14)9(19-11)12(16)17;;/h4-7,12H,3H2,1-2H3;2-5,10H,1H3,(H,16,17);;1H2/q;;+1;/p-1. The third-order valence-electron chi connectivity index (χ3n) is 5.05. The number of rotatable bonds is 9. The van der Waals surface area contributed by atoms with Gasteiger partial charge in [0.1, 0.15) is 42.7 Å². The van der Waals surface area contributed by atoms with Crippen LogP contribution in [0.2, 0.25) is 0 Å². The van der Waals surface area contributed by atoms with E-state index in [2.05, 4.69) is 9.97 Å². The molecule has 0 unspecified atom stereocenters. The van der Waals surface area contributed by atoms with Crippen molar-refractivity contribution in [3.05, 3.63) is 69.7 Å².